The predicted molar refractivity (Wildman–Crippen MR) is 43.8 cm³/mol. The van der Waals surface area contributed by atoms with Crippen LogP contribution in [0.1, 0.15) is 46.5 Å². The van der Waals surface area contributed by atoms with Gasteiger partial charge in [0.05, 0.1) is 0 Å². The molecule has 0 nitrogen and oxygen atoms in total. The van der Waals surface area contributed by atoms with Crippen molar-refractivity contribution in [3.05, 3.63) is 0 Å². The second kappa shape index (κ2) is 1.60. The van der Waals surface area contributed by atoms with Crippen LogP contribution in [0.5, 0.6) is 0 Å². The van der Waals surface area contributed by atoms with Gasteiger partial charge in [-0.1, -0.05) is 20.8 Å². The van der Waals surface area contributed by atoms with Crippen LogP contribution in [-0.4, -0.2) is 0 Å². The smallest absolute Gasteiger partial charge is 0.0272 e. The third-order valence-electron chi connectivity index (χ3n) is 4.28. The van der Waals surface area contributed by atoms with Crippen LogP contribution in [0.25, 0.3) is 0 Å². The van der Waals surface area contributed by atoms with Crippen LogP contribution in [0.2, 0.25) is 0 Å². The van der Waals surface area contributed by atoms with Crippen molar-refractivity contribution in [3.63, 3.8) is 0 Å². The molecule has 0 heteroatoms. The lowest BCUT2D eigenvalue weighted by atomic mass is 9.66. The molecule has 0 aliphatic heterocycles. The number of hydrogen-bond acceptors (Lipinski definition) is 0. The zero-order chi connectivity index (χ0) is 7.41. The Labute approximate surface area is 64.0 Å². The summed E-state index contributed by atoms with van der Waals surface area (Å²) < 4.78 is 0. The Bertz CT molecular complexity index is 155. The molecule has 2 fully saturated rings. The molecule has 10 heavy (non-hydrogen) atoms. The molecule has 2 saturated carbocycles. The number of fused-ring (bicyclic) bond motifs is 2. The second-order valence-corrected chi connectivity index (χ2v) is 5.26. The lowest BCUT2D eigenvalue weighted by Crippen LogP contribution is -2.29. The first kappa shape index (κ1) is 6.69. The van der Waals surface area contributed by atoms with Gasteiger partial charge in [-0.2, -0.15) is 0 Å². The summed E-state index contributed by atoms with van der Waals surface area (Å²) in [6.07, 6.45) is 6.01. The van der Waals surface area contributed by atoms with E-state index in [9.17, 15) is 0 Å². The Kier molecular flexibility index (Phi) is 1.07. The highest BCUT2D eigenvalue weighted by Crippen LogP contribution is 2.63. The summed E-state index contributed by atoms with van der Waals surface area (Å²) in [5.41, 5.74) is 1.35. The molecule has 58 valence electrons. The van der Waals surface area contributed by atoms with Crippen molar-refractivity contribution in [2.75, 3.05) is 0 Å². The molecule has 0 aromatic heterocycles. The summed E-state index contributed by atoms with van der Waals surface area (Å²) >= 11 is 0. The Morgan fingerprint density at radius 2 is 1.80 bits per heavy atom. The van der Waals surface area contributed by atoms with Gasteiger partial charge in [0, 0.05) is 0 Å². The molecule has 0 aromatic rings. The van der Waals surface area contributed by atoms with Gasteiger partial charge < -0.3 is 0 Å². The second-order valence-electron chi connectivity index (χ2n) is 5.26. The number of rotatable bonds is 0. The third kappa shape index (κ3) is 0.627. The first-order chi connectivity index (χ1) is 4.54. The lowest BCUT2D eigenvalue weighted by molar-refractivity contribution is 0.113. The Hall–Kier alpha value is 0. The van der Waals surface area contributed by atoms with Crippen molar-refractivity contribution in [1.29, 1.82) is 0 Å². The lowest BCUT2D eigenvalue weighted by Gasteiger charge is -2.39. The fraction of sp³-hybridized carbons (Fsp3) is 1.00. The molecule has 2 atom stereocenters. The molecule has 2 aliphatic rings. The molecule has 2 aliphatic carbocycles. The highest BCUT2D eigenvalue weighted by molar-refractivity contribution is 5.03. The van der Waals surface area contributed by atoms with Crippen molar-refractivity contribution >= 4 is 0 Å². The monoisotopic (exact) mass is 138 g/mol. The molecule has 2 bridgehead atoms. The van der Waals surface area contributed by atoms with E-state index in [0.717, 1.165) is 5.92 Å². The fourth-order valence-electron chi connectivity index (χ4n) is 3.12. The topological polar surface area (TPSA) is 0 Å². The first-order valence-electron chi connectivity index (χ1n) is 4.54. The minimum atomic E-state index is 0.649. The molecule has 0 saturated heterocycles. The van der Waals surface area contributed by atoms with Crippen LogP contribution in [-0.2, 0) is 0 Å². The molecular formula is C10H18. The van der Waals surface area contributed by atoms with Crippen molar-refractivity contribution in [1.82, 2.24) is 0 Å². The van der Waals surface area contributed by atoms with E-state index < -0.39 is 0 Å². The standard InChI is InChI=1S/C10H18/c1-9(2)6-8-4-5-10(9,3)7-8/h8H,4-7H2,1-3H3/t8?,10-/m0/s1. The maximum absolute atomic E-state index is 2.49. The number of hydrogen-bond donors (Lipinski definition) is 0. The van der Waals surface area contributed by atoms with Gasteiger partial charge in [-0.05, 0) is 42.4 Å². The minimum Gasteiger partial charge on any atom is -0.0594 e. The van der Waals surface area contributed by atoms with Gasteiger partial charge in [0.2, 0.25) is 0 Å². The quantitative estimate of drug-likeness (QED) is 0.482. The van der Waals surface area contributed by atoms with Crippen molar-refractivity contribution in [2.45, 2.75) is 46.5 Å². The Balaban J connectivity index is 2.31. The van der Waals surface area contributed by atoms with Gasteiger partial charge in [0.25, 0.3) is 0 Å². The van der Waals surface area contributed by atoms with Gasteiger partial charge in [-0.25, -0.2) is 0 Å². The molecule has 0 N–H and O–H groups in total. The summed E-state index contributed by atoms with van der Waals surface area (Å²) in [4.78, 5) is 0. The molecule has 1 unspecified atom stereocenters. The Morgan fingerprint density at radius 3 is 2.00 bits per heavy atom. The van der Waals surface area contributed by atoms with E-state index >= 15 is 0 Å². The summed E-state index contributed by atoms with van der Waals surface area (Å²) in [6.45, 7) is 7.39. The zero-order valence-corrected chi connectivity index (χ0v) is 7.41. The fourth-order valence-corrected chi connectivity index (χ4v) is 3.12. The van der Waals surface area contributed by atoms with Crippen LogP contribution >= 0.6 is 0 Å². The molecule has 0 amide bonds. The van der Waals surface area contributed by atoms with E-state index in [0.29, 0.717) is 10.8 Å². The normalized spacial score (nSPS) is 50.1. The summed E-state index contributed by atoms with van der Waals surface area (Å²) in [5, 5.41) is 0. The first-order valence-corrected chi connectivity index (χ1v) is 4.54. The summed E-state index contributed by atoms with van der Waals surface area (Å²) in [7, 11) is 0. The van der Waals surface area contributed by atoms with E-state index in [4.69, 9.17) is 0 Å². The predicted octanol–water partition coefficient (Wildman–Crippen LogP) is 3.22. The van der Waals surface area contributed by atoms with Crippen molar-refractivity contribution < 1.29 is 0 Å². The molecule has 2 rings (SSSR count). The maximum Gasteiger partial charge on any atom is -0.0272 e. The molecule has 0 heterocycles. The van der Waals surface area contributed by atoms with Crippen LogP contribution < -0.4 is 0 Å². The largest absolute Gasteiger partial charge is 0.0594 e. The van der Waals surface area contributed by atoms with E-state index in [2.05, 4.69) is 20.8 Å². The van der Waals surface area contributed by atoms with E-state index in [1.165, 1.54) is 25.7 Å². The molecular weight excluding hydrogens is 120 g/mol. The zero-order valence-electron chi connectivity index (χ0n) is 7.41. The highest BCUT2D eigenvalue weighted by Gasteiger charge is 2.53. The summed E-state index contributed by atoms with van der Waals surface area (Å²) in [5.74, 6) is 1.08. The van der Waals surface area contributed by atoms with Gasteiger partial charge in [0.1, 0.15) is 0 Å². The van der Waals surface area contributed by atoms with Gasteiger partial charge in [0.15, 0.2) is 0 Å². The van der Waals surface area contributed by atoms with Gasteiger partial charge >= 0.3 is 0 Å². The van der Waals surface area contributed by atoms with E-state index in [1.807, 2.05) is 0 Å². The minimum absolute atomic E-state index is 0.649. The van der Waals surface area contributed by atoms with Gasteiger partial charge in [-0.3, -0.25) is 0 Å². The van der Waals surface area contributed by atoms with Crippen LogP contribution in [0.4, 0.5) is 0 Å². The Morgan fingerprint density at radius 1 is 1.10 bits per heavy atom. The van der Waals surface area contributed by atoms with Gasteiger partial charge in [-0.15, -0.1) is 0 Å². The highest BCUT2D eigenvalue weighted by atomic mass is 14.6. The average molecular weight is 138 g/mol. The van der Waals surface area contributed by atoms with Crippen LogP contribution in [0.3, 0.4) is 0 Å². The molecule has 0 aromatic carbocycles. The average Bonchev–Trinajstić information content (AvgIpc) is 2.18. The summed E-state index contributed by atoms with van der Waals surface area (Å²) in [6, 6.07) is 0. The third-order valence-corrected chi connectivity index (χ3v) is 4.28. The van der Waals surface area contributed by atoms with E-state index in [-0.39, 0.29) is 0 Å². The molecule has 0 radical (unpaired) electrons. The molecule has 0 spiro atoms. The SMILES string of the molecule is CC1(C)CC2CC[C@@]1(C)C2. The van der Waals surface area contributed by atoms with Crippen LogP contribution in [0, 0.1) is 16.7 Å². The maximum atomic E-state index is 2.49. The van der Waals surface area contributed by atoms with Crippen LogP contribution in [0.15, 0.2) is 0 Å². The van der Waals surface area contributed by atoms with Crippen molar-refractivity contribution in [2.24, 2.45) is 16.7 Å². The van der Waals surface area contributed by atoms with E-state index in [1.54, 1.807) is 0 Å². The van der Waals surface area contributed by atoms with Crippen molar-refractivity contribution in [3.8, 4) is 0 Å².